The Kier molecular flexibility index (Phi) is 4.88. The van der Waals surface area contributed by atoms with Crippen molar-refractivity contribution in [1.82, 2.24) is 0 Å². The summed E-state index contributed by atoms with van der Waals surface area (Å²) < 4.78 is 41.4. The van der Waals surface area contributed by atoms with Crippen molar-refractivity contribution in [2.45, 2.75) is 29.8 Å². The number of hydrogen-bond donors (Lipinski definition) is 2. The number of rotatable bonds is 5. The third-order valence-electron chi connectivity index (χ3n) is 3.80. The third-order valence-corrected chi connectivity index (χ3v) is 4.81. The van der Waals surface area contributed by atoms with Crippen molar-refractivity contribution in [3.8, 4) is 0 Å². The third kappa shape index (κ3) is 4.41. The summed E-state index contributed by atoms with van der Waals surface area (Å²) in [7, 11) is 0. The van der Waals surface area contributed by atoms with Crippen LogP contribution in [0.4, 0.5) is 18.9 Å². The molecule has 2 aromatic carbocycles. The van der Waals surface area contributed by atoms with Crippen molar-refractivity contribution in [2.75, 3.05) is 4.72 Å². The fourth-order valence-corrected chi connectivity index (χ4v) is 3.47. The van der Waals surface area contributed by atoms with Crippen molar-refractivity contribution >= 4 is 35.2 Å². The van der Waals surface area contributed by atoms with Crippen molar-refractivity contribution in [3.05, 3.63) is 58.1 Å². The van der Waals surface area contributed by atoms with Gasteiger partial charge in [0.05, 0.1) is 16.8 Å². The van der Waals surface area contributed by atoms with Crippen LogP contribution in [0.3, 0.4) is 0 Å². The molecule has 1 aliphatic rings. The molecular formula is C17H13ClF3NO2S. The van der Waals surface area contributed by atoms with Gasteiger partial charge in [0.1, 0.15) is 0 Å². The monoisotopic (exact) mass is 387 g/mol. The number of carboxylic acid groups (broad SMARTS) is 1. The van der Waals surface area contributed by atoms with E-state index in [2.05, 4.69) is 4.72 Å². The second-order valence-corrected chi connectivity index (χ2v) is 7.08. The smallest absolute Gasteiger partial charge is 0.416 e. The lowest BCUT2D eigenvalue weighted by atomic mass is 10.1. The van der Waals surface area contributed by atoms with Gasteiger partial charge in [0.15, 0.2) is 0 Å². The van der Waals surface area contributed by atoms with Gasteiger partial charge in [0, 0.05) is 9.92 Å². The average molecular weight is 388 g/mol. The van der Waals surface area contributed by atoms with Crippen molar-refractivity contribution in [3.63, 3.8) is 0 Å². The highest BCUT2D eigenvalue weighted by molar-refractivity contribution is 8.00. The number of benzene rings is 2. The molecule has 132 valence electrons. The number of hydrogen-bond acceptors (Lipinski definition) is 3. The predicted octanol–water partition coefficient (Wildman–Crippen LogP) is 6.05. The minimum atomic E-state index is -4.50. The van der Waals surface area contributed by atoms with E-state index < -0.39 is 17.7 Å². The van der Waals surface area contributed by atoms with Crippen LogP contribution in [0.5, 0.6) is 0 Å². The van der Waals surface area contributed by atoms with Gasteiger partial charge in [-0.1, -0.05) is 17.7 Å². The van der Waals surface area contributed by atoms with Crippen molar-refractivity contribution in [1.29, 1.82) is 0 Å². The molecule has 0 saturated heterocycles. The average Bonchev–Trinajstić information content (AvgIpc) is 3.36. The Balaban J connectivity index is 1.85. The zero-order chi connectivity index (χ0) is 18.2. The molecular weight excluding hydrogens is 375 g/mol. The zero-order valence-electron chi connectivity index (χ0n) is 12.7. The second kappa shape index (κ2) is 6.80. The minimum Gasteiger partial charge on any atom is -0.478 e. The number of nitrogens with one attached hydrogen (secondary N) is 1. The van der Waals surface area contributed by atoms with Gasteiger partial charge in [0.2, 0.25) is 0 Å². The Hall–Kier alpha value is -1.86. The van der Waals surface area contributed by atoms with E-state index in [9.17, 15) is 23.1 Å². The number of carbonyl (C=O) groups is 1. The van der Waals surface area contributed by atoms with E-state index in [1.165, 1.54) is 12.1 Å². The number of aromatic carboxylic acids is 1. The van der Waals surface area contributed by atoms with E-state index in [1.54, 1.807) is 12.1 Å². The van der Waals surface area contributed by atoms with Gasteiger partial charge in [-0.15, -0.1) is 0 Å². The summed E-state index contributed by atoms with van der Waals surface area (Å²) in [6.45, 7) is 0. The molecule has 0 amide bonds. The maximum atomic E-state index is 12.9. The molecule has 0 spiro atoms. The lowest BCUT2D eigenvalue weighted by Crippen LogP contribution is -2.05. The van der Waals surface area contributed by atoms with Crippen LogP contribution in [-0.2, 0) is 6.18 Å². The molecule has 1 aliphatic carbocycles. The summed E-state index contributed by atoms with van der Waals surface area (Å²) in [6.07, 6.45) is -2.39. The van der Waals surface area contributed by atoms with Crippen LogP contribution in [0, 0.1) is 0 Å². The highest BCUT2D eigenvalue weighted by atomic mass is 35.5. The minimum absolute atomic E-state index is 0.0377. The summed E-state index contributed by atoms with van der Waals surface area (Å²) in [5.41, 5.74) is 0.593. The molecule has 0 aliphatic heterocycles. The number of alkyl halides is 3. The molecule has 0 aromatic heterocycles. The molecule has 2 aromatic rings. The van der Waals surface area contributed by atoms with Gasteiger partial charge in [-0.25, -0.2) is 4.79 Å². The molecule has 0 atom stereocenters. The van der Waals surface area contributed by atoms with E-state index in [0.717, 1.165) is 42.5 Å². The van der Waals surface area contributed by atoms with Crippen LogP contribution < -0.4 is 4.72 Å². The van der Waals surface area contributed by atoms with Gasteiger partial charge in [-0.2, -0.15) is 13.2 Å². The molecule has 1 saturated carbocycles. The first kappa shape index (κ1) is 17.9. The molecule has 3 nitrogen and oxygen atoms in total. The van der Waals surface area contributed by atoms with Gasteiger partial charge >= 0.3 is 12.1 Å². The molecule has 0 heterocycles. The summed E-state index contributed by atoms with van der Waals surface area (Å²) in [5.74, 6) is -0.677. The van der Waals surface area contributed by atoms with Crippen LogP contribution >= 0.6 is 23.5 Å². The molecule has 25 heavy (non-hydrogen) atoms. The number of anilines is 1. The maximum Gasteiger partial charge on any atom is 0.416 e. The van der Waals surface area contributed by atoms with Crippen LogP contribution in [0.15, 0.2) is 41.3 Å². The summed E-state index contributed by atoms with van der Waals surface area (Å²) in [6, 6.07) is 8.23. The van der Waals surface area contributed by atoms with E-state index in [0.29, 0.717) is 11.6 Å². The molecule has 1 fully saturated rings. The number of halogens is 4. The van der Waals surface area contributed by atoms with E-state index >= 15 is 0 Å². The number of carboxylic acids is 1. The van der Waals surface area contributed by atoms with Crippen molar-refractivity contribution in [2.24, 2.45) is 0 Å². The summed E-state index contributed by atoms with van der Waals surface area (Å²) >= 11 is 6.65. The maximum absolute atomic E-state index is 12.9. The van der Waals surface area contributed by atoms with Crippen LogP contribution in [0.2, 0.25) is 5.02 Å². The van der Waals surface area contributed by atoms with E-state index in [1.807, 2.05) is 0 Å². The molecule has 3 rings (SSSR count). The topological polar surface area (TPSA) is 49.3 Å². The SMILES string of the molecule is O=C(O)c1ccc(C2CC2)cc1NSc1cc(Cl)cc(C(F)(F)F)c1. The Bertz CT molecular complexity index is 822. The lowest BCUT2D eigenvalue weighted by molar-refractivity contribution is -0.137. The fraction of sp³-hybridized carbons (Fsp3) is 0.235. The Morgan fingerprint density at radius 2 is 1.92 bits per heavy atom. The Morgan fingerprint density at radius 1 is 1.20 bits per heavy atom. The highest BCUT2D eigenvalue weighted by Gasteiger charge is 2.31. The highest BCUT2D eigenvalue weighted by Crippen LogP contribution is 2.42. The molecule has 0 unspecified atom stereocenters. The van der Waals surface area contributed by atoms with Crippen LogP contribution in [-0.4, -0.2) is 11.1 Å². The standard InChI is InChI=1S/C17H13ClF3NO2S/c18-12-6-11(17(19,20)21)7-13(8-12)25-22-15-5-10(9-1-2-9)3-4-14(15)16(23)24/h3-9,22H,1-2H2,(H,23,24). The van der Waals surface area contributed by atoms with Gasteiger partial charge < -0.3 is 9.83 Å². The van der Waals surface area contributed by atoms with Crippen LogP contribution in [0.25, 0.3) is 0 Å². The Labute approximate surface area is 151 Å². The quantitative estimate of drug-likeness (QED) is 0.613. The molecule has 8 heteroatoms. The molecule has 2 N–H and O–H groups in total. The molecule has 0 bridgehead atoms. The van der Waals surface area contributed by atoms with Crippen LogP contribution in [0.1, 0.15) is 40.2 Å². The van der Waals surface area contributed by atoms with Gasteiger partial charge in [-0.3, -0.25) is 0 Å². The Morgan fingerprint density at radius 3 is 2.52 bits per heavy atom. The first-order valence-electron chi connectivity index (χ1n) is 7.42. The van der Waals surface area contributed by atoms with Gasteiger partial charge in [-0.05, 0) is 66.6 Å². The van der Waals surface area contributed by atoms with E-state index in [-0.39, 0.29) is 15.5 Å². The first-order chi connectivity index (χ1) is 11.7. The lowest BCUT2D eigenvalue weighted by Gasteiger charge is -2.13. The fourth-order valence-electron chi connectivity index (χ4n) is 2.40. The summed E-state index contributed by atoms with van der Waals surface area (Å²) in [5, 5.41) is 9.25. The van der Waals surface area contributed by atoms with Crippen molar-refractivity contribution < 1.29 is 23.1 Å². The predicted molar refractivity (Wildman–Crippen MR) is 91.3 cm³/mol. The zero-order valence-corrected chi connectivity index (χ0v) is 14.3. The normalized spacial score (nSPS) is 14.4. The first-order valence-corrected chi connectivity index (χ1v) is 8.61. The largest absolute Gasteiger partial charge is 0.478 e. The van der Waals surface area contributed by atoms with E-state index in [4.69, 9.17) is 11.6 Å². The second-order valence-electron chi connectivity index (χ2n) is 5.76. The van der Waals surface area contributed by atoms with Gasteiger partial charge in [0.25, 0.3) is 0 Å². The molecule has 0 radical (unpaired) electrons. The summed E-state index contributed by atoms with van der Waals surface area (Å²) in [4.78, 5) is 11.6.